The molecule has 0 spiro atoms. The summed E-state index contributed by atoms with van der Waals surface area (Å²) < 4.78 is 32.7. The van der Waals surface area contributed by atoms with Crippen molar-refractivity contribution in [3.63, 3.8) is 0 Å². The molecule has 7 heteroatoms. The van der Waals surface area contributed by atoms with Crippen LogP contribution in [0.1, 0.15) is 19.4 Å². The van der Waals surface area contributed by atoms with Gasteiger partial charge in [0.1, 0.15) is 0 Å². The van der Waals surface area contributed by atoms with Gasteiger partial charge in [0.05, 0.1) is 21.4 Å². The van der Waals surface area contributed by atoms with E-state index < -0.39 is 21.4 Å². The standard InChI is InChI=1S/C11H15NO4S.Na/c1-9(13)12-11(2,8-17(14,15)16)10-6-4-3-5-7-10;/h3-7H,8H2,1-2H3,(H,12,13)(H,14,15,16);/q;+1/p-1. The number of carbonyl (C=O) groups is 1. The van der Waals surface area contributed by atoms with E-state index in [1.165, 1.54) is 13.8 Å². The van der Waals surface area contributed by atoms with Crippen LogP contribution >= 0.6 is 0 Å². The normalized spacial score (nSPS) is 14.2. The van der Waals surface area contributed by atoms with Gasteiger partial charge in [0.25, 0.3) is 0 Å². The van der Waals surface area contributed by atoms with E-state index in [2.05, 4.69) is 5.32 Å². The summed E-state index contributed by atoms with van der Waals surface area (Å²) in [5.41, 5.74) is -0.622. The van der Waals surface area contributed by atoms with Crippen LogP contribution in [0, 0.1) is 0 Å². The van der Waals surface area contributed by atoms with Crippen LogP contribution in [0.15, 0.2) is 30.3 Å². The number of hydrogen-bond donors (Lipinski definition) is 1. The molecule has 1 N–H and O–H groups in total. The van der Waals surface area contributed by atoms with Crippen molar-refractivity contribution in [2.45, 2.75) is 19.4 Å². The van der Waals surface area contributed by atoms with E-state index in [0.29, 0.717) is 5.56 Å². The van der Waals surface area contributed by atoms with E-state index in [1.54, 1.807) is 30.3 Å². The van der Waals surface area contributed by atoms with Crippen molar-refractivity contribution >= 4 is 16.0 Å². The van der Waals surface area contributed by atoms with Crippen LogP contribution in [0.4, 0.5) is 0 Å². The first-order valence-corrected chi connectivity index (χ1v) is 6.58. The van der Waals surface area contributed by atoms with Crippen LogP contribution in [-0.4, -0.2) is 24.6 Å². The molecule has 1 atom stereocenters. The second-order valence-electron chi connectivity index (χ2n) is 4.08. The van der Waals surface area contributed by atoms with E-state index in [1.807, 2.05) is 0 Å². The summed E-state index contributed by atoms with van der Waals surface area (Å²) in [7, 11) is -4.44. The molecule has 1 rings (SSSR count). The van der Waals surface area contributed by atoms with Gasteiger partial charge in [-0.2, -0.15) is 0 Å². The molecule has 0 saturated heterocycles. The molecule has 0 aliphatic rings. The third kappa shape index (κ3) is 5.49. The van der Waals surface area contributed by atoms with E-state index in [-0.39, 0.29) is 35.5 Å². The Bertz CT molecular complexity index is 503. The van der Waals surface area contributed by atoms with Gasteiger partial charge in [0.2, 0.25) is 5.91 Å². The fraction of sp³-hybridized carbons (Fsp3) is 0.364. The summed E-state index contributed by atoms with van der Waals surface area (Å²) >= 11 is 0. The molecule has 0 heterocycles. The maximum atomic E-state index is 11.1. The van der Waals surface area contributed by atoms with E-state index in [4.69, 9.17) is 0 Å². The second kappa shape index (κ2) is 6.68. The Kier molecular flexibility index (Phi) is 6.53. The summed E-state index contributed by atoms with van der Waals surface area (Å²) in [4.78, 5) is 11.1. The third-order valence-corrected chi connectivity index (χ3v) is 3.26. The molecular formula is C11H14NNaO4S. The van der Waals surface area contributed by atoms with E-state index >= 15 is 0 Å². The predicted molar refractivity (Wildman–Crippen MR) is 62.2 cm³/mol. The first-order valence-electron chi connectivity index (χ1n) is 5.01. The van der Waals surface area contributed by atoms with Gasteiger partial charge in [-0.05, 0) is 12.5 Å². The maximum Gasteiger partial charge on any atom is 1.00 e. The van der Waals surface area contributed by atoms with Crippen LogP contribution in [0.25, 0.3) is 0 Å². The molecule has 1 aromatic rings. The minimum absolute atomic E-state index is 0. The van der Waals surface area contributed by atoms with Gasteiger partial charge < -0.3 is 9.87 Å². The Hall–Kier alpha value is -0.400. The SMILES string of the molecule is CC(=O)NC(C)(CS(=O)(=O)[O-])c1ccccc1.[Na+]. The average molecular weight is 279 g/mol. The molecule has 0 aliphatic heterocycles. The van der Waals surface area contributed by atoms with Crippen LogP contribution in [0.3, 0.4) is 0 Å². The van der Waals surface area contributed by atoms with Gasteiger partial charge in [-0.25, -0.2) is 8.42 Å². The number of carbonyl (C=O) groups excluding carboxylic acids is 1. The van der Waals surface area contributed by atoms with E-state index in [0.717, 1.165) is 0 Å². The number of hydrogen-bond acceptors (Lipinski definition) is 4. The maximum absolute atomic E-state index is 11.1. The van der Waals surface area contributed by atoms with Crippen molar-refractivity contribution in [2.24, 2.45) is 0 Å². The van der Waals surface area contributed by atoms with Crippen LogP contribution in [0.5, 0.6) is 0 Å². The second-order valence-corrected chi connectivity index (χ2v) is 5.49. The fourth-order valence-corrected chi connectivity index (χ4v) is 2.69. The first kappa shape index (κ1) is 17.6. The number of benzene rings is 1. The van der Waals surface area contributed by atoms with Crippen LogP contribution in [-0.2, 0) is 20.5 Å². The summed E-state index contributed by atoms with van der Waals surface area (Å²) in [6.07, 6.45) is 0. The molecule has 94 valence electrons. The third-order valence-electron chi connectivity index (χ3n) is 2.33. The van der Waals surface area contributed by atoms with Crippen LogP contribution < -0.4 is 34.9 Å². The molecule has 1 aromatic carbocycles. The average Bonchev–Trinajstić information content (AvgIpc) is 2.14. The molecule has 0 aromatic heterocycles. The van der Waals surface area contributed by atoms with Crippen molar-refractivity contribution in [3.05, 3.63) is 35.9 Å². The van der Waals surface area contributed by atoms with Crippen LogP contribution in [0.2, 0.25) is 0 Å². The van der Waals surface area contributed by atoms with Gasteiger partial charge in [-0.15, -0.1) is 0 Å². The van der Waals surface area contributed by atoms with Crippen molar-refractivity contribution in [3.8, 4) is 0 Å². The van der Waals surface area contributed by atoms with Gasteiger partial charge in [-0.1, -0.05) is 30.3 Å². The Morgan fingerprint density at radius 2 is 1.83 bits per heavy atom. The van der Waals surface area contributed by atoms with Crippen molar-refractivity contribution in [1.29, 1.82) is 0 Å². The number of amides is 1. The van der Waals surface area contributed by atoms with Crippen molar-refractivity contribution in [1.82, 2.24) is 5.32 Å². The van der Waals surface area contributed by atoms with Crippen molar-refractivity contribution in [2.75, 3.05) is 5.75 Å². The molecule has 0 radical (unpaired) electrons. The number of rotatable bonds is 4. The monoisotopic (exact) mass is 279 g/mol. The zero-order chi connectivity index (χ0) is 13.1. The Balaban J connectivity index is 0.00000289. The molecule has 0 saturated carbocycles. The zero-order valence-corrected chi connectivity index (χ0v) is 13.5. The molecule has 0 aliphatic carbocycles. The molecule has 1 unspecified atom stereocenters. The molecular weight excluding hydrogens is 265 g/mol. The summed E-state index contributed by atoms with van der Waals surface area (Å²) in [6, 6.07) is 8.53. The zero-order valence-electron chi connectivity index (χ0n) is 10.6. The minimum atomic E-state index is -4.44. The van der Waals surface area contributed by atoms with Gasteiger partial charge >= 0.3 is 29.6 Å². The Morgan fingerprint density at radius 3 is 2.22 bits per heavy atom. The quantitative estimate of drug-likeness (QED) is 0.491. The molecule has 5 nitrogen and oxygen atoms in total. The van der Waals surface area contributed by atoms with Gasteiger partial charge in [0, 0.05) is 6.92 Å². The van der Waals surface area contributed by atoms with Crippen molar-refractivity contribution < 1.29 is 47.3 Å². The first-order chi connectivity index (χ1) is 7.73. The molecule has 0 bridgehead atoms. The topological polar surface area (TPSA) is 86.3 Å². The molecule has 1 amide bonds. The van der Waals surface area contributed by atoms with E-state index in [9.17, 15) is 17.8 Å². The predicted octanol–water partition coefficient (Wildman–Crippen LogP) is -2.41. The fourth-order valence-electron chi connectivity index (χ4n) is 1.74. The smallest absolute Gasteiger partial charge is 0.748 e. The largest absolute Gasteiger partial charge is 1.00 e. The summed E-state index contributed by atoms with van der Waals surface area (Å²) in [5.74, 6) is -1.07. The minimum Gasteiger partial charge on any atom is -0.748 e. The summed E-state index contributed by atoms with van der Waals surface area (Å²) in [5, 5.41) is 2.51. The van der Waals surface area contributed by atoms with Gasteiger partial charge in [0.15, 0.2) is 0 Å². The van der Waals surface area contributed by atoms with Gasteiger partial charge in [-0.3, -0.25) is 4.79 Å². The number of nitrogens with one attached hydrogen (secondary N) is 1. The Morgan fingerprint density at radius 1 is 1.33 bits per heavy atom. The molecule has 18 heavy (non-hydrogen) atoms. The summed E-state index contributed by atoms with van der Waals surface area (Å²) in [6.45, 7) is 2.79. The molecule has 0 fully saturated rings. The Labute approximate surface area is 129 Å².